The Hall–Kier alpha value is -1.62. The predicted molar refractivity (Wildman–Crippen MR) is 59.1 cm³/mol. The highest BCUT2D eigenvalue weighted by Crippen LogP contribution is 2.07. The van der Waals surface area contributed by atoms with Crippen molar-refractivity contribution < 1.29 is 9.32 Å². The largest absolute Gasteiger partial charge is 0.351 e. The molecule has 0 atom stereocenters. The number of hydrogen-bond acceptors (Lipinski definition) is 4. The maximum Gasteiger partial charge on any atom is 0.290 e. The van der Waals surface area contributed by atoms with Gasteiger partial charge in [0.15, 0.2) is 0 Å². The quantitative estimate of drug-likeness (QED) is 0.735. The first-order valence-electron chi connectivity index (χ1n) is 5.35. The van der Waals surface area contributed by atoms with Crippen LogP contribution in [-0.2, 0) is 0 Å². The summed E-state index contributed by atoms with van der Waals surface area (Å²) < 4.78 is 4.87. The van der Waals surface area contributed by atoms with Crippen LogP contribution in [0.4, 0.5) is 0 Å². The van der Waals surface area contributed by atoms with Crippen molar-refractivity contribution in [1.29, 1.82) is 0 Å². The summed E-state index contributed by atoms with van der Waals surface area (Å²) >= 11 is 0. The van der Waals surface area contributed by atoms with E-state index in [9.17, 15) is 4.79 Å². The number of carbonyl (C=O) groups excluding carboxylic acids is 1. The topological polar surface area (TPSA) is 67.2 Å². The minimum absolute atomic E-state index is 0.200. The molecule has 86 valence electrons. The lowest BCUT2D eigenvalue weighted by Gasteiger charge is -2.14. The fourth-order valence-corrected chi connectivity index (χ4v) is 1.61. The summed E-state index contributed by atoms with van der Waals surface area (Å²) in [6.07, 6.45) is 4.63. The van der Waals surface area contributed by atoms with E-state index in [1.165, 1.54) is 5.57 Å². The molecule has 0 saturated carbocycles. The van der Waals surface area contributed by atoms with Gasteiger partial charge in [0.1, 0.15) is 0 Å². The summed E-state index contributed by atoms with van der Waals surface area (Å²) in [5, 5.41) is 9.63. The van der Waals surface area contributed by atoms with E-state index < -0.39 is 0 Å². The second-order valence-electron chi connectivity index (χ2n) is 3.84. The van der Waals surface area contributed by atoms with E-state index in [0.717, 1.165) is 25.1 Å². The second kappa shape index (κ2) is 4.94. The predicted octanol–water partition coefficient (Wildman–Crippen LogP) is 0.633. The van der Waals surface area contributed by atoms with Crippen molar-refractivity contribution in [3.63, 3.8) is 0 Å². The lowest BCUT2D eigenvalue weighted by Crippen LogP contribution is -2.29. The second-order valence-corrected chi connectivity index (χ2v) is 3.84. The molecule has 0 aromatic carbocycles. The van der Waals surface area contributed by atoms with Crippen LogP contribution >= 0.6 is 0 Å². The van der Waals surface area contributed by atoms with Crippen molar-refractivity contribution in [2.45, 2.75) is 13.3 Å². The monoisotopic (exact) mass is 221 g/mol. The summed E-state index contributed by atoms with van der Waals surface area (Å²) in [5.74, 6) is 0.101. The van der Waals surface area contributed by atoms with E-state index in [1.807, 2.05) is 0 Å². The lowest BCUT2D eigenvalue weighted by atomic mass is 10.1. The van der Waals surface area contributed by atoms with Crippen molar-refractivity contribution >= 4 is 5.91 Å². The first-order valence-corrected chi connectivity index (χ1v) is 5.35. The number of aromatic nitrogens is 1. The van der Waals surface area contributed by atoms with Gasteiger partial charge >= 0.3 is 0 Å². The average molecular weight is 221 g/mol. The van der Waals surface area contributed by atoms with Gasteiger partial charge in [0.05, 0.1) is 6.20 Å². The van der Waals surface area contributed by atoms with Crippen molar-refractivity contribution in [2.75, 3.05) is 19.6 Å². The van der Waals surface area contributed by atoms with Gasteiger partial charge in [-0.2, -0.15) is 0 Å². The summed E-state index contributed by atoms with van der Waals surface area (Å²) in [7, 11) is 0. The first-order chi connectivity index (χ1) is 7.77. The van der Waals surface area contributed by atoms with E-state index in [1.54, 1.807) is 13.1 Å². The molecule has 2 N–H and O–H groups in total. The van der Waals surface area contributed by atoms with Crippen LogP contribution in [0.2, 0.25) is 0 Å². The zero-order chi connectivity index (χ0) is 11.4. The molecule has 1 aromatic heterocycles. The van der Waals surface area contributed by atoms with Gasteiger partial charge in [0.25, 0.3) is 5.91 Å². The van der Waals surface area contributed by atoms with Gasteiger partial charge in [-0.1, -0.05) is 16.8 Å². The van der Waals surface area contributed by atoms with E-state index >= 15 is 0 Å². The Bertz CT molecular complexity index is 409. The van der Waals surface area contributed by atoms with Crippen LogP contribution in [0.3, 0.4) is 0 Å². The Balaban J connectivity index is 1.89. The van der Waals surface area contributed by atoms with Crippen molar-refractivity contribution in [2.24, 2.45) is 0 Å². The van der Waals surface area contributed by atoms with Crippen LogP contribution in [0.15, 0.2) is 22.4 Å². The van der Waals surface area contributed by atoms with E-state index in [-0.39, 0.29) is 5.91 Å². The molecular formula is C11H15N3O2. The molecule has 2 rings (SSSR count). The smallest absolute Gasteiger partial charge is 0.290 e. The highest BCUT2D eigenvalue weighted by molar-refractivity contribution is 5.92. The molecule has 16 heavy (non-hydrogen) atoms. The van der Waals surface area contributed by atoms with E-state index in [4.69, 9.17) is 4.52 Å². The highest BCUT2D eigenvalue weighted by atomic mass is 16.5. The van der Waals surface area contributed by atoms with Gasteiger partial charge in [-0.3, -0.25) is 4.79 Å². The van der Waals surface area contributed by atoms with Gasteiger partial charge in [-0.05, 0) is 19.9 Å². The Morgan fingerprint density at radius 3 is 3.19 bits per heavy atom. The number of hydrogen-bond donors (Lipinski definition) is 2. The van der Waals surface area contributed by atoms with Crippen LogP contribution in [0.25, 0.3) is 0 Å². The number of aryl methyl sites for hydroxylation is 1. The van der Waals surface area contributed by atoms with Gasteiger partial charge in [0.2, 0.25) is 5.76 Å². The molecule has 1 aromatic rings. The molecule has 0 bridgehead atoms. The third-order valence-electron chi connectivity index (χ3n) is 2.59. The summed E-state index contributed by atoms with van der Waals surface area (Å²) in [5.41, 5.74) is 2.01. The molecule has 1 amide bonds. The van der Waals surface area contributed by atoms with Crippen molar-refractivity contribution in [1.82, 2.24) is 15.8 Å². The molecule has 1 aliphatic rings. The lowest BCUT2D eigenvalue weighted by molar-refractivity contribution is 0.0919. The van der Waals surface area contributed by atoms with Crippen LogP contribution in [0, 0.1) is 6.92 Å². The molecule has 0 saturated heterocycles. The normalized spacial score (nSPS) is 15.7. The van der Waals surface area contributed by atoms with Crippen LogP contribution in [0.5, 0.6) is 0 Å². The van der Waals surface area contributed by atoms with Crippen molar-refractivity contribution in [3.05, 3.63) is 29.2 Å². The minimum atomic E-state index is -0.200. The Morgan fingerprint density at radius 2 is 2.56 bits per heavy atom. The van der Waals surface area contributed by atoms with E-state index in [2.05, 4.69) is 21.9 Å². The van der Waals surface area contributed by atoms with Gasteiger partial charge in [0, 0.05) is 18.7 Å². The molecule has 5 heteroatoms. The molecule has 0 spiro atoms. The summed E-state index contributed by atoms with van der Waals surface area (Å²) in [6.45, 7) is 4.24. The zero-order valence-corrected chi connectivity index (χ0v) is 9.25. The van der Waals surface area contributed by atoms with Crippen LogP contribution in [-0.4, -0.2) is 30.7 Å². The molecule has 2 heterocycles. The molecule has 0 radical (unpaired) electrons. The number of nitrogens with one attached hydrogen (secondary N) is 2. The van der Waals surface area contributed by atoms with Crippen molar-refractivity contribution in [3.8, 4) is 0 Å². The molecule has 5 nitrogen and oxygen atoms in total. The Kier molecular flexibility index (Phi) is 3.36. The number of rotatable bonds is 3. The van der Waals surface area contributed by atoms with Crippen LogP contribution in [0.1, 0.15) is 22.5 Å². The fourth-order valence-electron chi connectivity index (χ4n) is 1.61. The molecule has 1 aliphatic heterocycles. The first kappa shape index (κ1) is 10.9. The van der Waals surface area contributed by atoms with E-state index in [0.29, 0.717) is 12.3 Å². The van der Waals surface area contributed by atoms with Crippen LogP contribution < -0.4 is 10.6 Å². The van der Waals surface area contributed by atoms with Gasteiger partial charge in [-0.15, -0.1) is 0 Å². The average Bonchev–Trinajstić information content (AvgIpc) is 2.74. The molecular weight excluding hydrogens is 206 g/mol. The Morgan fingerprint density at radius 1 is 1.69 bits per heavy atom. The third kappa shape index (κ3) is 2.49. The maximum atomic E-state index is 11.7. The number of amides is 1. The van der Waals surface area contributed by atoms with Gasteiger partial charge < -0.3 is 15.2 Å². The molecule has 0 unspecified atom stereocenters. The highest BCUT2D eigenvalue weighted by Gasteiger charge is 2.14. The molecule has 0 aliphatic carbocycles. The number of carbonyl (C=O) groups is 1. The zero-order valence-electron chi connectivity index (χ0n) is 9.25. The third-order valence-corrected chi connectivity index (χ3v) is 2.59. The summed E-state index contributed by atoms with van der Waals surface area (Å²) in [6, 6.07) is 0. The minimum Gasteiger partial charge on any atom is -0.351 e. The SMILES string of the molecule is Cc1cnoc1C(=O)NCC1=CCNCC1. The molecule has 0 fully saturated rings. The number of nitrogens with zero attached hydrogens (tertiary/aromatic N) is 1. The van der Waals surface area contributed by atoms with Gasteiger partial charge in [-0.25, -0.2) is 0 Å². The fraction of sp³-hybridized carbons (Fsp3) is 0.455. The summed E-state index contributed by atoms with van der Waals surface area (Å²) in [4.78, 5) is 11.7. The Labute approximate surface area is 93.9 Å². The maximum absolute atomic E-state index is 11.7. The standard InChI is InChI=1S/C11H15N3O2/c1-8-6-14-16-10(8)11(15)13-7-9-2-4-12-5-3-9/h2,6,12H,3-5,7H2,1H3,(H,13,15).